The fourth-order valence-corrected chi connectivity index (χ4v) is 2.68. The highest BCUT2D eigenvalue weighted by Crippen LogP contribution is 2.26. The Kier molecular flexibility index (Phi) is 5.39. The summed E-state index contributed by atoms with van der Waals surface area (Å²) in [6.45, 7) is 5.61. The van der Waals surface area contributed by atoms with E-state index in [-0.39, 0.29) is 12.5 Å². The molecule has 0 atom stereocenters. The van der Waals surface area contributed by atoms with Gasteiger partial charge in [-0.15, -0.1) is 0 Å². The van der Waals surface area contributed by atoms with E-state index in [2.05, 4.69) is 28.9 Å². The highest BCUT2D eigenvalue weighted by Gasteiger charge is 2.19. The predicted octanol–water partition coefficient (Wildman–Crippen LogP) is 2.86. The summed E-state index contributed by atoms with van der Waals surface area (Å²) in [6, 6.07) is 8.16. The number of carbonyl (C=O) groups is 1. The van der Waals surface area contributed by atoms with Gasteiger partial charge in [-0.1, -0.05) is 31.5 Å². The second-order valence-electron chi connectivity index (χ2n) is 5.33. The van der Waals surface area contributed by atoms with Gasteiger partial charge in [0.2, 0.25) is 0 Å². The van der Waals surface area contributed by atoms with E-state index in [9.17, 15) is 4.79 Å². The third kappa shape index (κ3) is 3.27. The quantitative estimate of drug-likeness (QED) is 0.770. The summed E-state index contributed by atoms with van der Waals surface area (Å²) in [5.74, 6) is -0.0479. The standard InChI is InChI=1S/C17H24N2O2/c1-3-4-11-19-15-9-6-5-8-14(15)13(2)16(19)17(21)18-10-7-12-20/h5-6,8-9,20H,3-4,7,10-12H2,1-2H3,(H,18,21). The van der Waals surface area contributed by atoms with Gasteiger partial charge in [0, 0.05) is 30.6 Å². The Morgan fingerprint density at radius 3 is 2.76 bits per heavy atom. The predicted molar refractivity (Wildman–Crippen MR) is 85.6 cm³/mol. The number of aryl methyl sites for hydroxylation is 2. The molecule has 1 heterocycles. The van der Waals surface area contributed by atoms with Crippen molar-refractivity contribution < 1.29 is 9.90 Å². The number of nitrogens with zero attached hydrogens (tertiary/aromatic N) is 1. The van der Waals surface area contributed by atoms with E-state index in [4.69, 9.17) is 5.11 Å². The van der Waals surface area contributed by atoms with Crippen molar-refractivity contribution in [3.8, 4) is 0 Å². The number of benzene rings is 1. The van der Waals surface area contributed by atoms with Crippen LogP contribution in [-0.4, -0.2) is 28.7 Å². The number of unbranched alkanes of at least 4 members (excludes halogenated alkanes) is 1. The zero-order chi connectivity index (χ0) is 15.2. The Morgan fingerprint density at radius 2 is 2.05 bits per heavy atom. The maximum Gasteiger partial charge on any atom is 0.268 e. The summed E-state index contributed by atoms with van der Waals surface area (Å²) < 4.78 is 2.13. The smallest absolute Gasteiger partial charge is 0.268 e. The number of hydrogen-bond donors (Lipinski definition) is 2. The van der Waals surface area contributed by atoms with Crippen LogP contribution in [0.5, 0.6) is 0 Å². The van der Waals surface area contributed by atoms with Crippen LogP contribution in [0.4, 0.5) is 0 Å². The lowest BCUT2D eigenvalue weighted by atomic mass is 10.1. The molecule has 0 spiro atoms. The van der Waals surface area contributed by atoms with Crippen molar-refractivity contribution in [2.45, 2.75) is 39.7 Å². The first-order valence-electron chi connectivity index (χ1n) is 7.67. The summed E-state index contributed by atoms with van der Waals surface area (Å²) in [5, 5.41) is 12.9. The van der Waals surface area contributed by atoms with E-state index in [0.717, 1.165) is 41.5 Å². The van der Waals surface area contributed by atoms with Gasteiger partial charge in [-0.05, 0) is 31.4 Å². The minimum atomic E-state index is -0.0479. The summed E-state index contributed by atoms with van der Waals surface area (Å²) >= 11 is 0. The van der Waals surface area contributed by atoms with Gasteiger partial charge in [0.05, 0.1) is 0 Å². The van der Waals surface area contributed by atoms with Gasteiger partial charge in [-0.3, -0.25) is 4.79 Å². The number of rotatable bonds is 7. The van der Waals surface area contributed by atoms with Crippen LogP contribution in [0.3, 0.4) is 0 Å². The van der Waals surface area contributed by atoms with Gasteiger partial charge >= 0.3 is 0 Å². The average molecular weight is 288 g/mol. The van der Waals surface area contributed by atoms with Gasteiger partial charge in [-0.2, -0.15) is 0 Å². The van der Waals surface area contributed by atoms with E-state index >= 15 is 0 Å². The molecule has 0 unspecified atom stereocenters. The molecule has 0 aliphatic carbocycles. The molecule has 114 valence electrons. The number of nitrogens with one attached hydrogen (secondary N) is 1. The van der Waals surface area contributed by atoms with Crippen LogP contribution in [0.1, 0.15) is 42.2 Å². The van der Waals surface area contributed by atoms with Gasteiger partial charge in [0.15, 0.2) is 0 Å². The lowest BCUT2D eigenvalue weighted by Gasteiger charge is -2.11. The number of amides is 1. The van der Waals surface area contributed by atoms with Crippen molar-refractivity contribution >= 4 is 16.8 Å². The van der Waals surface area contributed by atoms with E-state index in [1.54, 1.807) is 0 Å². The number of carbonyl (C=O) groups excluding carboxylic acids is 1. The molecule has 2 N–H and O–H groups in total. The van der Waals surface area contributed by atoms with E-state index in [1.807, 2.05) is 19.1 Å². The van der Waals surface area contributed by atoms with Gasteiger partial charge in [0.1, 0.15) is 5.69 Å². The zero-order valence-electron chi connectivity index (χ0n) is 12.9. The fraction of sp³-hybridized carbons (Fsp3) is 0.471. The lowest BCUT2D eigenvalue weighted by Crippen LogP contribution is -2.28. The molecular weight excluding hydrogens is 264 g/mol. The Morgan fingerprint density at radius 1 is 1.29 bits per heavy atom. The van der Waals surface area contributed by atoms with Crippen LogP contribution in [0.15, 0.2) is 24.3 Å². The molecular formula is C17H24N2O2. The molecule has 0 aliphatic heterocycles. The van der Waals surface area contributed by atoms with Crippen LogP contribution in [0.25, 0.3) is 10.9 Å². The molecule has 1 amide bonds. The number of fused-ring (bicyclic) bond motifs is 1. The number of aliphatic hydroxyl groups is 1. The van der Waals surface area contributed by atoms with Crippen molar-refractivity contribution in [3.63, 3.8) is 0 Å². The number of aliphatic hydroxyl groups excluding tert-OH is 1. The highest BCUT2D eigenvalue weighted by atomic mass is 16.3. The normalized spacial score (nSPS) is 11.0. The molecule has 4 nitrogen and oxygen atoms in total. The molecule has 0 saturated carbocycles. The topological polar surface area (TPSA) is 54.3 Å². The largest absolute Gasteiger partial charge is 0.396 e. The van der Waals surface area contributed by atoms with Gasteiger partial charge < -0.3 is 15.0 Å². The highest BCUT2D eigenvalue weighted by molar-refractivity contribution is 6.01. The molecule has 0 radical (unpaired) electrons. The molecule has 1 aromatic heterocycles. The van der Waals surface area contributed by atoms with Crippen molar-refractivity contribution in [1.29, 1.82) is 0 Å². The first kappa shape index (κ1) is 15.6. The summed E-state index contributed by atoms with van der Waals surface area (Å²) in [5.41, 5.74) is 2.90. The maximum atomic E-state index is 12.5. The molecule has 2 aromatic rings. The van der Waals surface area contributed by atoms with Crippen LogP contribution in [-0.2, 0) is 6.54 Å². The minimum Gasteiger partial charge on any atom is -0.396 e. The Hall–Kier alpha value is -1.81. The Labute approximate surface area is 125 Å². The van der Waals surface area contributed by atoms with Gasteiger partial charge in [0.25, 0.3) is 5.91 Å². The third-order valence-electron chi connectivity index (χ3n) is 3.79. The fourth-order valence-electron chi connectivity index (χ4n) is 2.68. The minimum absolute atomic E-state index is 0.0479. The summed E-state index contributed by atoms with van der Waals surface area (Å²) in [6.07, 6.45) is 2.73. The van der Waals surface area contributed by atoms with Crippen molar-refractivity contribution in [1.82, 2.24) is 9.88 Å². The van der Waals surface area contributed by atoms with E-state index in [0.29, 0.717) is 13.0 Å². The molecule has 21 heavy (non-hydrogen) atoms. The zero-order valence-corrected chi connectivity index (χ0v) is 12.9. The van der Waals surface area contributed by atoms with E-state index < -0.39 is 0 Å². The average Bonchev–Trinajstić information content (AvgIpc) is 2.78. The van der Waals surface area contributed by atoms with Crippen molar-refractivity contribution in [2.24, 2.45) is 0 Å². The molecule has 0 saturated heterocycles. The second-order valence-corrected chi connectivity index (χ2v) is 5.33. The van der Waals surface area contributed by atoms with Crippen molar-refractivity contribution in [3.05, 3.63) is 35.5 Å². The second kappa shape index (κ2) is 7.27. The molecule has 2 rings (SSSR count). The van der Waals surface area contributed by atoms with Gasteiger partial charge in [-0.25, -0.2) is 0 Å². The maximum absolute atomic E-state index is 12.5. The molecule has 1 aromatic carbocycles. The summed E-state index contributed by atoms with van der Waals surface area (Å²) in [7, 11) is 0. The number of aromatic nitrogens is 1. The van der Waals surface area contributed by atoms with Crippen molar-refractivity contribution in [2.75, 3.05) is 13.2 Å². The molecule has 0 fully saturated rings. The molecule has 0 aliphatic rings. The first-order valence-corrected chi connectivity index (χ1v) is 7.67. The van der Waals surface area contributed by atoms with Crippen LogP contribution >= 0.6 is 0 Å². The Bertz CT molecular complexity index is 617. The molecule has 0 bridgehead atoms. The van der Waals surface area contributed by atoms with Crippen LogP contribution in [0.2, 0.25) is 0 Å². The monoisotopic (exact) mass is 288 g/mol. The van der Waals surface area contributed by atoms with Crippen LogP contribution < -0.4 is 5.32 Å². The van der Waals surface area contributed by atoms with Crippen LogP contribution in [0, 0.1) is 6.92 Å². The number of hydrogen-bond acceptors (Lipinski definition) is 2. The number of para-hydroxylation sites is 1. The summed E-state index contributed by atoms with van der Waals surface area (Å²) in [4.78, 5) is 12.5. The Balaban J connectivity index is 2.39. The first-order chi connectivity index (χ1) is 10.2. The molecule has 4 heteroatoms. The van der Waals surface area contributed by atoms with E-state index in [1.165, 1.54) is 0 Å². The third-order valence-corrected chi connectivity index (χ3v) is 3.79. The lowest BCUT2D eigenvalue weighted by molar-refractivity contribution is 0.0941. The SMILES string of the molecule is CCCCn1c(C(=O)NCCCO)c(C)c2ccccc21.